The van der Waals surface area contributed by atoms with Crippen molar-refractivity contribution >= 4 is 21.9 Å². The summed E-state index contributed by atoms with van der Waals surface area (Å²) in [4.78, 5) is 10.8. The Hall–Kier alpha value is -1.31. The molecule has 0 atom stereocenters. The van der Waals surface area contributed by atoms with Crippen LogP contribution in [0.5, 0.6) is 0 Å². The van der Waals surface area contributed by atoms with Crippen LogP contribution in [0.1, 0.15) is 11.1 Å². The fraction of sp³-hybridized carbons (Fsp3) is 0.308. The summed E-state index contributed by atoms with van der Waals surface area (Å²) < 4.78 is 9.64. The first-order chi connectivity index (χ1) is 8.26. The van der Waals surface area contributed by atoms with Crippen LogP contribution in [-0.2, 0) is 20.9 Å². The van der Waals surface area contributed by atoms with Gasteiger partial charge in [0.2, 0.25) is 0 Å². The summed E-state index contributed by atoms with van der Waals surface area (Å²) in [7, 11) is 1.34. The molecular formula is C13H13BrO3. The molecular weight excluding hydrogens is 284 g/mol. The highest BCUT2D eigenvalue weighted by Gasteiger charge is 2.00. The van der Waals surface area contributed by atoms with E-state index in [9.17, 15) is 4.79 Å². The Kier molecular flexibility index (Phi) is 6.38. The zero-order chi connectivity index (χ0) is 12.5. The molecule has 0 bridgehead atoms. The second-order valence-corrected chi connectivity index (χ2v) is 3.76. The van der Waals surface area contributed by atoms with E-state index in [1.807, 2.05) is 24.3 Å². The number of alkyl halides is 1. The van der Waals surface area contributed by atoms with Crippen molar-refractivity contribution in [1.29, 1.82) is 0 Å². The van der Waals surface area contributed by atoms with Gasteiger partial charge in [-0.15, -0.1) is 0 Å². The predicted molar refractivity (Wildman–Crippen MR) is 68.8 cm³/mol. The van der Waals surface area contributed by atoms with Gasteiger partial charge in [-0.2, -0.15) is 0 Å². The monoisotopic (exact) mass is 296 g/mol. The molecule has 3 nitrogen and oxygen atoms in total. The molecule has 1 aromatic carbocycles. The lowest BCUT2D eigenvalue weighted by molar-refractivity contribution is -0.146. The predicted octanol–water partition coefficient (Wildman–Crippen LogP) is 2.12. The van der Waals surface area contributed by atoms with Crippen LogP contribution in [-0.4, -0.2) is 25.0 Å². The van der Waals surface area contributed by atoms with Crippen LogP contribution >= 0.6 is 15.9 Å². The number of carbonyl (C=O) groups excluding carboxylic acids is 1. The van der Waals surface area contributed by atoms with Gasteiger partial charge in [0.15, 0.2) is 0 Å². The Morgan fingerprint density at radius 2 is 2.06 bits per heavy atom. The maximum atomic E-state index is 10.8. The van der Waals surface area contributed by atoms with E-state index < -0.39 is 0 Å². The molecule has 0 amide bonds. The fourth-order valence-corrected chi connectivity index (χ4v) is 1.27. The molecule has 4 heteroatoms. The van der Waals surface area contributed by atoms with Gasteiger partial charge in [0.1, 0.15) is 6.61 Å². The van der Waals surface area contributed by atoms with Gasteiger partial charge in [0.05, 0.1) is 19.0 Å². The third kappa shape index (κ3) is 5.53. The Bertz CT molecular complexity index is 415. The zero-order valence-electron chi connectivity index (χ0n) is 9.53. The summed E-state index contributed by atoms with van der Waals surface area (Å²) in [6.07, 6.45) is 0. The van der Waals surface area contributed by atoms with E-state index in [1.54, 1.807) is 0 Å². The Balaban J connectivity index is 2.43. The largest absolute Gasteiger partial charge is 0.467 e. The summed E-state index contributed by atoms with van der Waals surface area (Å²) in [6.45, 7) is 0.364. The maximum Gasteiger partial charge on any atom is 0.331 e. The minimum absolute atomic E-state index is 0.0261. The smallest absolute Gasteiger partial charge is 0.331 e. The molecule has 0 heterocycles. The van der Waals surface area contributed by atoms with Gasteiger partial charge in [-0.3, -0.25) is 0 Å². The highest BCUT2D eigenvalue weighted by Crippen LogP contribution is 2.04. The van der Waals surface area contributed by atoms with E-state index in [2.05, 4.69) is 32.5 Å². The Labute approximate surface area is 109 Å². The first-order valence-corrected chi connectivity index (χ1v) is 6.16. The summed E-state index contributed by atoms with van der Waals surface area (Å²) >= 11 is 3.24. The van der Waals surface area contributed by atoms with Crippen LogP contribution in [0.25, 0.3) is 0 Å². The number of ether oxygens (including phenoxy) is 2. The van der Waals surface area contributed by atoms with Crippen molar-refractivity contribution in [3.63, 3.8) is 0 Å². The lowest BCUT2D eigenvalue weighted by Gasteiger charge is -2.03. The molecule has 0 aliphatic heterocycles. The molecule has 0 aromatic heterocycles. The molecule has 0 spiro atoms. The fourth-order valence-electron chi connectivity index (χ4n) is 1.13. The number of carbonyl (C=O) groups is 1. The average Bonchev–Trinajstić information content (AvgIpc) is 2.37. The second-order valence-electron chi connectivity index (χ2n) is 3.20. The summed E-state index contributed by atoms with van der Waals surface area (Å²) in [5.41, 5.74) is 1.96. The van der Waals surface area contributed by atoms with Gasteiger partial charge < -0.3 is 9.47 Å². The number of halogens is 1. The van der Waals surface area contributed by atoms with Gasteiger partial charge in [0.25, 0.3) is 0 Å². The van der Waals surface area contributed by atoms with Gasteiger partial charge in [0, 0.05) is 5.56 Å². The first kappa shape index (κ1) is 13.8. The number of benzene rings is 1. The molecule has 1 rings (SSSR count). The normalized spacial score (nSPS) is 9.29. The Morgan fingerprint density at radius 1 is 1.35 bits per heavy atom. The molecule has 17 heavy (non-hydrogen) atoms. The number of esters is 1. The summed E-state index contributed by atoms with van der Waals surface area (Å²) in [5.74, 6) is 5.55. The highest BCUT2D eigenvalue weighted by molar-refractivity contribution is 9.09. The molecule has 0 saturated carbocycles. The van der Waals surface area contributed by atoms with Gasteiger partial charge in [-0.05, 0) is 17.7 Å². The van der Waals surface area contributed by atoms with Gasteiger partial charge in [-0.25, -0.2) is 4.79 Å². The van der Waals surface area contributed by atoms with Crippen LogP contribution in [0, 0.1) is 11.8 Å². The Morgan fingerprint density at radius 3 is 2.65 bits per heavy atom. The molecule has 0 aliphatic carbocycles. The van der Waals surface area contributed by atoms with Crippen LogP contribution in [0.4, 0.5) is 0 Å². The lowest BCUT2D eigenvalue weighted by atomic mass is 10.1. The SMILES string of the molecule is COC(=O)COCc1ccc(C#CCBr)cc1. The molecule has 90 valence electrons. The van der Waals surface area contributed by atoms with Crippen molar-refractivity contribution in [2.24, 2.45) is 0 Å². The number of rotatable bonds is 4. The molecule has 0 unspecified atom stereocenters. The van der Waals surface area contributed by atoms with Crippen LogP contribution in [0.2, 0.25) is 0 Å². The summed E-state index contributed by atoms with van der Waals surface area (Å²) in [6, 6.07) is 7.70. The van der Waals surface area contributed by atoms with E-state index in [4.69, 9.17) is 4.74 Å². The maximum absolute atomic E-state index is 10.8. The van der Waals surface area contributed by atoms with Crippen molar-refractivity contribution in [3.05, 3.63) is 35.4 Å². The van der Waals surface area contributed by atoms with E-state index in [1.165, 1.54) is 7.11 Å². The van der Waals surface area contributed by atoms with Gasteiger partial charge in [-0.1, -0.05) is 39.9 Å². The van der Waals surface area contributed by atoms with E-state index >= 15 is 0 Å². The highest BCUT2D eigenvalue weighted by atomic mass is 79.9. The van der Waals surface area contributed by atoms with E-state index in [0.717, 1.165) is 11.1 Å². The first-order valence-electron chi connectivity index (χ1n) is 5.04. The molecule has 1 aromatic rings. The van der Waals surface area contributed by atoms with Crippen molar-refractivity contribution in [2.45, 2.75) is 6.61 Å². The van der Waals surface area contributed by atoms with E-state index in [0.29, 0.717) is 11.9 Å². The number of hydrogen-bond acceptors (Lipinski definition) is 3. The third-order valence-electron chi connectivity index (χ3n) is 1.97. The third-order valence-corrected chi connectivity index (χ3v) is 2.25. The lowest BCUT2D eigenvalue weighted by Crippen LogP contribution is -2.09. The topological polar surface area (TPSA) is 35.5 Å². The standard InChI is InChI=1S/C13H13BrO3/c1-16-13(15)10-17-9-12-6-4-11(5-7-12)3-2-8-14/h4-7H,8-10H2,1H3. The molecule has 0 saturated heterocycles. The summed E-state index contributed by atoms with van der Waals surface area (Å²) in [5, 5.41) is 0.664. The zero-order valence-corrected chi connectivity index (χ0v) is 11.1. The van der Waals surface area contributed by atoms with Crippen LogP contribution in [0.15, 0.2) is 24.3 Å². The molecule has 0 N–H and O–H groups in total. The molecule has 0 radical (unpaired) electrons. The second kappa shape index (κ2) is 7.88. The van der Waals surface area contributed by atoms with Crippen molar-refractivity contribution < 1.29 is 14.3 Å². The quantitative estimate of drug-likeness (QED) is 0.485. The number of hydrogen-bond donors (Lipinski definition) is 0. The molecule has 0 fully saturated rings. The van der Waals surface area contributed by atoms with Crippen LogP contribution < -0.4 is 0 Å². The van der Waals surface area contributed by atoms with E-state index in [-0.39, 0.29) is 12.6 Å². The average molecular weight is 297 g/mol. The molecule has 0 aliphatic rings. The van der Waals surface area contributed by atoms with Crippen LogP contribution in [0.3, 0.4) is 0 Å². The number of methoxy groups -OCH3 is 1. The van der Waals surface area contributed by atoms with Crippen molar-refractivity contribution in [1.82, 2.24) is 0 Å². The van der Waals surface area contributed by atoms with Crippen molar-refractivity contribution in [3.8, 4) is 11.8 Å². The minimum atomic E-state index is -0.371. The minimum Gasteiger partial charge on any atom is -0.467 e. The van der Waals surface area contributed by atoms with Gasteiger partial charge >= 0.3 is 5.97 Å². The van der Waals surface area contributed by atoms with Crippen molar-refractivity contribution in [2.75, 3.05) is 19.0 Å².